The second-order valence-electron chi connectivity index (χ2n) is 9.96. The maximum Gasteiger partial charge on any atom is 0.408 e. The summed E-state index contributed by atoms with van der Waals surface area (Å²) in [7, 11) is 1.24. The Labute approximate surface area is 208 Å². The second-order valence-corrected chi connectivity index (χ2v) is 9.96. The highest BCUT2D eigenvalue weighted by atomic mass is 16.6. The van der Waals surface area contributed by atoms with Gasteiger partial charge in [-0.15, -0.1) is 0 Å². The number of aryl methyl sites for hydroxylation is 2. The Balaban J connectivity index is 3.47. The molecule has 0 saturated carbocycles. The fraction of sp³-hybridized carbons (Fsp3) is 0.615. The third-order valence-electron chi connectivity index (χ3n) is 5.28. The number of rotatable bonds is 10. The van der Waals surface area contributed by atoms with E-state index < -0.39 is 41.6 Å². The fourth-order valence-electron chi connectivity index (χ4n) is 3.57. The Hall–Kier alpha value is -3.10. The molecule has 0 aliphatic rings. The summed E-state index contributed by atoms with van der Waals surface area (Å²) in [5, 5.41) is 5.28. The van der Waals surface area contributed by atoms with Crippen LogP contribution in [-0.2, 0) is 23.9 Å². The molecule has 0 spiro atoms. The lowest BCUT2D eigenvalue weighted by Crippen LogP contribution is -2.55. The second kappa shape index (κ2) is 13.1. The Bertz CT molecular complexity index is 907. The van der Waals surface area contributed by atoms with E-state index in [0.29, 0.717) is 12.0 Å². The van der Waals surface area contributed by atoms with Gasteiger partial charge in [-0.3, -0.25) is 14.4 Å². The number of ether oxygens (including phenoxy) is 2. The van der Waals surface area contributed by atoms with E-state index in [-0.39, 0.29) is 19.0 Å². The van der Waals surface area contributed by atoms with E-state index in [4.69, 9.17) is 4.74 Å². The summed E-state index contributed by atoms with van der Waals surface area (Å²) in [6.07, 6.45) is -0.131. The molecule has 0 heterocycles. The van der Waals surface area contributed by atoms with Gasteiger partial charge in [-0.25, -0.2) is 4.79 Å². The van der Waals surface area contributed by atoms with Crippen LogP contribution < -0.4 is 10.6 Å². The van der Waals surface area contributed by atoms with Crippen LogP contribution in [0.25, 0.3) is 0 Å². The van der Waals surface area contributed by atoms with E-state index >= 15 is 0 Å². The molecule has 2 unspecified atom stereocenters. The van der Waals surface area contributed by atoms with Gasteiger partial charge in [0.2, 0.25) is 11.8 Å². The predicted octanol–water partition coefficient (Wildman–Crippen LogP) is 3.42. The van der Waals surface area contributed by atoms with Crippen molar-refractivity contribution in [2.24, 2.45) is 5.92 Å². The number of nitrogens with one attached hydrogen (secondary N) is 2. The molecular weight excluding hydrogens is 450 g/mol. The number of alkyl carbamates (subject to hydrolysis) is 1. The zero-order chi connectivity index (χ0) is 26.9. The molecule has 0 aromatic heterocycles. The summed E-state index contributed by atoms with van der Waals surface area (Å²) in [4.78, 5) is 53.0. The van der Waals surface area contributed by atoms with E-state index in [9.17, 15) is 19.2 Å². The molecule has 196 valence electrons. The highest BCUT2D eigenvalue weighted by molar-refractivity contribution is 5.93. The van der Waals surface area contributed by atoms with Gasteiger partial charge in [-0.05, 0) is 58.1 Å². The first kappa shape index (κ1) is 29.9. The maximum atomic E-state index is 13.9. The van der Waals surface area contributed by atoms with Crippen LogP contribution in [-0.4, -0.2) is 60.6 Å². The number of nitrogens with zero attached hydrogens (tertiary/aromatic N) is 1. The Kier molecular flexibility index (Phi) is 11.2. The zero-order valence-electron chi connectivity index (χ0n) is 22.5. The molecule has 3 amide bonds. The zero-order valence-corrected chi connectivity index (χ0v) is 22.5. The van der Waals surface area contributed by atoms with Gasteiger partial charge in [0.1, 0.15) is 24.2 Å². The third kappa shape index (κ3) is 9.22. The van der Waals surface area contributed by atoms with Gasteiger partial charge in [0.25, 0.3) is 0 Å². The van der Waals surface area contributed by atoms with Crippen molar-refractivity contribution in [2.45, 2.75) is 79.5 Å². The number of carbonyl (C=O) groups is 4. The molecule has 9 nitrogen and oxygen atoms in total. The number of methoxy groups -OCH3 is 1. The van der Waals surface area contributed by atoms with E-state index in [1.165, 1.54) is 12.0 Å². The van der Waals surface area contributed by atoms with Crippen molar-refractivity contribution in [3.8, 4) is 0 Å². The average Bonchev–Trinajstić information content (AvgIpc) is 2.75. The summed E-state index contributed by atoms with van der Waals surface area (Å²) < 4.78 is 10.0. The molecule has 1 aromatic carbocycles. The van der Waals surface area contributed by atoms with Crippen LogP contribution >= 0.6 is 0 Å². The molecule has 0 radical (unpaired) electrons. The van der Waals surface area contributed by atoms with Crippen LogP contribution in [0.1, 0.15) is 70.7 Å². The van der Waals surface area contributed by atoms with Crippen LogP contribution in [0.5, 0.6) is 0 Å². The topological polar surface area (TPSA) is 114 Å². The van der Waals surface area contributed by atoms with Gasteiger partial charge in [0.15, 0.2) is 0 Å². The summed E-state index contributed by atoms with van der Waals surface area (Å²) in [5.74, 6) is -1.79. The number of hydrogen-bond acceptors (Lipinski definition) is 6. The lowest BCUT2D eigenvalue weighted by atomic mass is 9.94. The van der Waals surface area contributed by atoms with Crippen molar-refractivity contribution >= 4 is 23.9 Å². The lowest BCUT2D eigenvalue weighted by molar-refractivity contribution is -0.145. The quantitative estimate of drug-likeness (QED) is 0.485. The monoisotopic (exact) mass is 491 g/mol. The molecule has 0 aliphatic heterocycles. The molecular formula is C26H41N3O6. The number of esters is 1. The minimum atomic E-state index is -1.01. The van der Waals surface area contributed by atoms with Crippen molar-refractivity contribution in [3.05, 3.63) is 34.9 Å². The van der Waals surface area contributed by atoms with Crippen molar-refractivity contribution in [1.82, 2.24) is 15.5 Å². The average molecular weight is 492 g/mol. The van der Waals surface area contributed by atoms with E-state index in [0.717, 1.165) is 11.1 Å². The molecule has 1 rings (SSSR count). The Morgan fingerprint density at radius 3 is 2.23 bits per heavy atom. The summed E-state index contributed by atoms with van der Waals surface area (Å²) in [5.41, 5.74) is 1.66. The van der Waals surface area contributed by atoms with Gasteiger partial charge >= 0.3 is 12.1 Å². The van der Waals surface area contributed by atoms with Gasteiger partial charge in [-0.2, -0.15) is 0 Å². The van der Waals surface area contributed by atoms with Gasteiger partial charge in [0.05, 0.1) is 7.11 Å². The van der Waals surface area contributed by atoms with Crippen molar-refractivity contribution < 1.29 is 28.7 Å². The van der Waals surface area contributed by atoms with Crippen LogP contribution in [0.3, 0.4) is 0 Å². The van der Waals surface area contributed by atoms with Crippen molar-refractivity contribution in [3.63, 3.8) is 0 Å². The SMILES string of the molecule is CCCN(C(=O)C(NC(=O)OC(C)(C)C)C(C)C)C(C(=O)NCC(=O)OC)c1cc(C)ccc1C. The standard InChI is InChI=1S/C26H41N3O6/c1-10-13-29(24(32)21(16(2)3)28-25(33)35-26(6,7)8)22(23(31)27-15-20(30)34-9)19-14-17(4)11-12-18(19)5/h11-12,14,16,21-22H,10,13,15H2,1-9H3,(H,27,31)(H,28,33). The molecule has 0 bridgehead atoms. The first-order chi connectivity index (χ1) is 16.2. The molecule has 0 saturated heterocycles. The molecule has 0 aliphatic carbocycles. The van der Waals surface area contributed by atoms with E-state index in [2.05, 4.69) is 15.4 Å². The van der Waals surface area contributed by atoms with Gasteiger partial charge in [-0.1, -0.05) is 44.5 Å². The third-order valence-corrected chi connectivity index (χ3v) is 5.28. The summed E-state index contributed by atoms with van der Waals surface area (Å²) >= 11 is 0. The van der Waals surface area contributed by atoms with Crippen molar-refractivity contribution in [2.75, 3.05) is 20.2 Å². The highest BCUT2D eigenvalue weighted by Crippen LogP contribution is 2.27. The number of carbonyl (C=O) groups excluding carboxylic acids is 4. The molecule has 0 fully saturated rings. The Morgan fingerprint density at radius 1 is 1.09 bits per heavy atom. The summed E-state index contributed by atoms with van der Waals surface area (Å²) in [6.45, 7) is 14.5. The molecule has 2 N–H and O–H groups in total. The number of amides is 3. The van der Waals surface area contributed by atoms with E-state index in [1.54, 1.807) is 20.8 Å². The predicted molar refractivity (Wildman–Crippen MR) is 134 cm³/mol. The molecule has 1 aromatic rings. The first-order valence-electron chi connectivity index (χ1n) is 11.9. The van der Waals surface area contributed by atoms with Gasteiger partial charge < -0.3 is 25.0 Å². The smallest absolute Gasteiger partial charge is 0.408 e. The van der Waals surface area contributed by atoms with E-state index in [1.807, 2.05) is 52.8 Å². The fourth-order valence-corrected chi connectivity index (χ4v) is 3.57. The maximum absolute atomic E-state index is 13.9. The minimum absolute atomic E-state index is 0.266. The molecule has 2 atom stereocenters. The highest BCUT2D eigenvalue weighted by Gasteiger charge is 2.37. The molecule has 35 heavy (non-hydrogen) atoms. The normalized spacial score (nSPS) is 13.0. The van der Waals surface area contributed by atoms with Crippen LogP contribution in [0, 0.1) is 19.8 Å². The minimum Gasteiger partial charge on any atom is -0.468 e. The van der Waals surface area contributed by atoms with Crippen LogP contribution in [0.2, 0.25) is 0 Å². The van der Waals surface area contributed by atoms with Crippen molar-refractivity contribution in [1.29, 1.82) is 0 Å². The first-order valence-corrected chi connectivity index (χ1v) is 11.9. The lowest BCUT2D eigenvalue weighted by Gasteiger charge is -2.36. The largest absolute Gasteiger partial charge is 0.468 e. The van der Waals surface area contributed by atoms with Crippen LogP contribution in [0.4, 0.5) is 4.79 Å². The summed E-state index contributed by atoms with van der Waals surface area (Å²) in [6, 6.07) is 3.75. The number of benzene rings is 1. The molecule has 9 heteroatoms. The Morgan fingerprint density at radius 2 is 1.71 bits per heavy atom. The number of hydrogen-bond donors (Lipinski definition) is 2. The van der Waals surface area contributed by atoms with Crippen LogP contribution in [0.15, 0.2) is 18.2 Å². The van der Waals surface area contributed by atoms with Gasteiger partial charge in [0, 0.05) is 6.54 Å².